The minimum absolute atomic E-state index is 0.665. The molecule has 0 N–H and O–H groups in total. The number of rotatable bonds is 8. The van der Waals surface area contributed by atoms with E-state index in [4.69, 9.17) is 4.74 Å². The summed E-state index contributed by atoms with van der Waals surface area (Å²) in [6, 6.07) is 17.9. The molecule has 35 heavy (non-hydrogen) atoms. The second-order valence-electron chi connectivity index (χ2n) is 10.8. The Morgan fingerprint density at radius 2 is 1.37 bits per heavy atom. The zero-order valence-electron chi connectivity index (χ0n) is 22.0. The summed E-state index contributed by atoms with van der Waals surface area (Å²) in [5.41, 5.74) is 4.11. The molecule has 0 amide bonds. The van der Waals surface area contributed by atoms with E-state index < -0.39 is 0 Å². The molecule has 0 spiro atoms. The first-order chi connectivity index (χ1) is 17.2. The number of ether oxygens (including phenoxy) is 1. The van der Waals surface area contributed by atoms with Crippen LogP contribution in [-0.2, 0) is 0 Å². The molecule has 2 fully saturated rings. The van der Waals surface area contributed by atoms with E-state index in [1.54, 1.807) is 0 Å². The van der Waals surface area contributed by atoms with Crippen LogP contribution in [0.25, 0.3) is 0 Å². The Morgan fingerprint density at radius 1 is 0.771 bits per heavy atom. The summed E-state index contributed by atoms with van der Waals surface area (Å²) >= 11 is 0. The van der Waals surface area contributed by atoms with E-state index in [-0.39, 0.29) is 0 Å². The first-order valence-electron chi connectivity index (χ1n) is 14.3. The highest BCUT2D eigenvalue weighted by atomic mass is 16.5. The van der Waals surface area contributed by atoms with E-state index in [1.165, 1.54) is 75.3 Å². The van der Waals surface area contributed by atoms with Crippen LogP contribution < -0.4 is 4.74 Å². The molecule has 2 aliphatic carbocycles. The molecule has 0 radical (unpaired) electrons. The van der Waals surface area contributed by atoms with Crippen molar-refractivity contribution in [3.63, 3.8) is 0 Å². The first kappa shape index (κ1) is 25.6. The van der Waals surface area contributed by atoms with Gasteiger partial charge in [0, 0.05) is 5.56 Å². The smallest absolute Gasteiger partial charge is 0.119 e. The largest absolute Gasteiger partial charge is 0.494 e. The fourth-order valence-corrected chi connectivity index (χ4v) is 5.87. The second-order valence-corrected chi connectivity index (χ2v) is 10.8. The SMILES string of the molecule is CCCCOc1ccc(C2CCC(/C=C/C#Cc3ccc(C4CCC(CC)CC4)cc3)CC2)cc1. The monoisotopic (exact) mass is 468 g/mol. The van der Waals surface area contributed by atoms with Gasteiger partial charge >= 0.3 is 0 Å². The zero-order valence-corrected chi connectivity index (χ0v) is 22.0. The van der Waals surface area contributed by atoms with Crippen molar-refractivity contribution < 1.29 is 4.74 Å². The Labute approximate surface area is 214 Å². The average Bonchev–Trinajstić information content (AvgIpc) is 2.92. The summed E-state index contributed by atoms with van der Waals surface area (Å²) < 4.78 is 5.81. The predicted molar refractivity (Wildman–Crippen MR) is 149 cm³/mol. The predicted octanol–water partition coefficient (Wildman–Crippen LogP) is 9.43. The Balaban J connectivity index is 1.20. The molecule has 2 aromatic carbocycles. The quantitative estimate of drug-likeness (QED) is 0.277. The number of unbranched alkanes of at least 4 members (excludes halogenated alkanes) is 1. The standard InChI is InChI=1S/C34H44O/c1-3-5-26-35-34-24-22-33(23-25-34)32-20-14-29(15-21-32)9-7-6-8-28-12-18-31(19-13-28)30-16-10-27(4-2)11-17-30/h7,9,12-13,18-19,22-25,27,29-30,32H,3-5,10-11,14-17,20-21,26H2,1-2H3/b9-7+. The van der Waals surface area contributed by atoms with Crippen LogP contribution in [0.4, 0.5) is 0 Å². The zero-order chi connectivity index (χ0) is 24.3. The van der Waals surface area contributed by atoms with Crippen LogP contribution in [0.1, 0.15) is 113 Å². The Hall–Kier alpha value is -2.46. The maximum Gasteiger partial charge on any atom is 0.119 e. The van der Waals surface area contributed by atoms with Gasteiger partial charge < -0.3 is 4.74 Å². The molecule has 0 aliphatic heterocycles. The molecular weight excluding hydrogens is 424 g/mol. The number of hydrogen-bond acceptors (Lipinski definition) is 1. The van der Waals surface area contributed by atoms with Gasteiger partial charge in [-0.2, -0.15) is 0 Å². The van der Waals surface area contributed by atoms with Crippen LogP contribution in [0.3, 0.4) is 0 Å². The van der Waals surface area contributed by atoms with Crippen molar-refractivity contribution in [1.29, 1.82) is 0 Å². The lowest BCUT2D eigenvalue weighted by atomic mass is 9.78. The van der Waals surface area contributed by atoms with E-state index in [2.05, 4.69) is 86.4 Å². The van der Waals surface area contributed by atoms with Crippen molar-refractivity contribution in [2.75, 3.05) is 6.61 Å². The van der Waals surface area contributed by atoms with Gasteiger partial charge in [-0.05, 0) is 123 Å². The fourth-order valence-electron chi connectivity index (χ4n) is 5.87. The van der Waals surface area contributed by atoms with Crippen LogP contribution >= 0.6 is 0 Å². The first-order valence-corrected chi connectivity index (χ1v) is 14.3. The Bertz CT molecular complexity index is 956. The minimum atomic E-state index is 0.665. The van der Waals surface area contributed by atoms with Gasteiger partial charge in [0.15, 0.2) is 0 Å². The summed E-state index contributed by atoms with van der Waals surface area (Å²) in [5, 5.41) is 0. The van der Waals surface area contributed by atoms with E-state index in [1.807, 2.05) is 0 Å². The highest BCUT2D eigenvalue weighted by Gasteiger charge is 2.22. The summed E-state index contributed by atoms with van der Waals surface area (Å²) in [6.45, 7) is 5.35. The van der Waals surface area contributed by atoms with E-state index in [0.717, 1.165) is 36.2 Å². The molecule has 2 aromatic rings. The van der Waals surface area contributed by atoms with Crippen molar-refractivity contribution in [3.8, 4) is 17.6 Å². The van der Waals surface area contributed by atoms with Crippen molar-refractivity contribution >= 4 is 0 Å². The van der Waals surface area contributed by atoms with Crippen LogP contribution in [-0.4, -0.2) is 6.61 Å². The third kappa shape index (κ3) is 7.76. The fraction of sp³-hybridized carbons (Fsp3) is 0.529. The van der Waals surface area contributed by atoms with Gasteiger partial charge in [0.05, 0.1) is 6.61 Å². The molecule has 0 heterocycles. The molecular formula is C34H44O. The van der Waals surface area contributed by atoms with Crippen LogP contribution in [0.15, 0.2) is 60.7 Å². The second kappa shape index (κ2) is 13.6. The molecule has 0 aromatic heterocycles. The summed E-state index contributed by atoms with van der Waals surface area (Å²) in [5.74, 6) is 10.7. The summed E-state index contributed by atoms with van der Waals surface area (Å²) in [7, 11) is 0. The van der Waals surface area contributed by atoms with Gasteiger partial charge in [-0.15, -0.1) is 0 Å². The summed E-state index contributed by atoms with van der Waals surface area (Å²) in [6.07, 6.45) is 18.6. The van der Waals surface area contributed by atoms with Gasteiger partial charge in [0.1, 0.15) is 5.75 Å². The lowest BCUT2D eigenvalue weighted by Crippen LogP contribution is -2.12. The van der Waals surface area contributed by atoms with E-state index >= 15 is 0 Å². The van der Waals surface area contributed by atoms with Crippen molar-refractivity contribution in [3.05, 3.63) is 77.4 Å². The Morgan fingerprint density at radius 3 is 1.97 bits per heavy atom. The molecule has 1 heteroatoms. The maximum absolute atomic E-state index is 5.81. The lowest BCUT2D eigenvalue weighted by Gasteiger charge is -2.28. The topological polar surface area (TPSA) is 9.23 Å². The molecule has 2 aliphatic rings. The molecule has 1 nitrogen and oxygen atoms in total. The molecule has 0 unspecified atom stereocenters. The normalized spacial score (nSPS) is 24.6. The molecule has 0 atom stereocenters. The number of hydrogen-bond donors (Lipinski definition) is 0. The Kier molecular flexibility index (Phi) is 9.94. The van der Waals surface area contributed by atoms with E-state index in [0.29, 0.717) is 11.8 Å². The van der Waals surface area contributed by atoms with Gasteiger partial charge in [-0.1, -0.05) is 68.9 Å². The third-order valence-electron chi connectivity index (χ3n) is 8.36. The lowest BCUT2D eigenvalue weighted by molar-refractivity contribution is 0.309. The van der Waals surface area contributed by atoms with Gasteiger partial charge in [-0.25, -0.2) is 0 Å². The highest BCUT2D eigenvalue weighted by Crippen LogP contribution is 2.38. The molecule has 0 saturated heterocycles. The van der Waals surface area contributed by atoms with Crippen molar-refractivity contribution in [1.82, 2.24) is 0 Å². The van der Waals surface area contributed by atoms with Gasteiger partial charge in [0.25, 0.3) is 0 Å². The molecule has 186 valence electrons. The number of allylic oxidation sites excluding steroid dienone is 2. The van der Waals surface area contributed by atoms with Crippen LogP contribution in [0, 0.1) is 23.7 Å². The van der Waals surface area contributed by atoms with Crippen molar-refractivity contribution in [2.24, 2.45) is 11.8 Å². The number of benzene rings is 2. The minimum Gasteiger partial charge on any atom is -0.494 e. The van der Waals surface area contributed by atoms with Crippen LogP contribution in [0.5, 0.6) is 5.75 Å². The van der Waals surface area contributed by atoms with Crippen molar-refractivity contribution in [2.45, 2.75) is 96.3 Å². The maximum atomic E-state index is 5.81. The highest BCUT2D eigenvalue weighted by molar-refractivity contribution is 5.39. The van der Waals surface area contributed by atoms with Gasteiger partial charge in [0.2, 0.25) is 0 Å². The molecule has 2 saturated carbocycles. The van der Waals surface area contributed by atoms with Gasteiger partial charge in [-0.3, -0.25) is 0 Å². The molecule has 0 bridgehead atoms. The third-order valence-corrected chi connectivity index (χ3v) is 8.36. The molecule has 4 rings (SSSR count). The van der Waals surface area contributed by atoms with Crippen LogP contribution in [0.2, 0.25) is 0 Å². The summed E-state index contributed by atoms with van der Waals surface area (Å²) in [4.78, 5) is 0. The average molecular weight is 469 g/mol. The van der Waals surface area contributed by atoms with E-state index in [9.17, 15) is 0 Å².